The lowest BCUT2D eigenvalue weighted by atomic mass is 10.2. The molecule has 1 N–H and O–H groups in total. The largest absolute Gasteiger partial charge is 0.379 e. The first-order valence-corrected chi connectivity index (χ1v) is 7.28. The zero-order valence-electron chi connectivity index (χ0n) is 10.6. The van der Waals surface area contributed by atoms with E-state index in [-0.39, 0.29) is 0 Å². The zero-order chi connectivity index (χ0) is 15.7. The molecule has 0 saturated heterocycles. The second-order valence-electron chi connectivity index (χ2n) is 4.29. The van der Waals surface area contributed by atoms with Crippen LogP contribution in [0.15, 0.2) is 0 Å². The van der Waals surface area contributed by atoms with Crippen LogP contribution in [0.1, 0.15) is 13.8 Å². The average Bonchev–Trinajstić information content (AvgIpc) is 2.38. The highest BCUT2D eigenvalue weighted by molar-refractivity contribution is 7.92. The molecular weight excluding hydrogens is 305 g/mol. The summed E-state index contributed by atoms with van der Waals surface area (Å²) in [6.07, 6.45) is 0. The summed E-state index contributed by atoms with van der Waals surface area (Å²) in [4.78, 5) is 0. The second kappa shape index (κ2) is 5.94. The summed E-state index contributed by atoms with van der Waals surface area (Å²) in [5.41, 5.74) is -1.24. The maximum atomic E-state index is 13.2. The molecule has 1 rings (SSSR count). The summed E-state index contributed by atoms with van der Waals surface area (Å²) in [7, 11) is -3.49. The van der Waals surface area contributed by atoms with Crippen molar-refractivity contribution in [3.05, 3.63) is 29.1 Å². The smallest absolute Gasteiger partial charge is 0.200 e. The van der Waals surface area contributed by atoms with Crippen molar-refractivity contribution >= 4 is 15.5 Å². The van der Waals surface area contributed by atoms with E-state index in [1.165, 1.54) is 13.8 Å². The standard InChI is InChI=1S/C11H12F5NO2S/c1-5(2)20(18,19)4-3-17-11-9(15)7(13)6(12)8(14)10(11)16/h5,17H,3-4H2,1-2H3. The number of hydrogen-bond acceptors (Lipinski definition) is 3. The Labute approximate surface area is 112 Å². The molecule has 0 atom stereocenters. The van der Waals surface area contributed by atoms with E-state index in [0.29, 0.717) is 0 Å². The van der Waals surface area contributed by atoms with Crippen LogP contribution in [0.25, 0.3) is 0 Å². The van der Waals surface area contributed by atoms with Crippen LogP contribution in [0.5, 0.6) is 0 Å². The average molecular weight is 317 g/mol. The van der Waals surface area contributed by atoms with Crippen LogP contribution in [-0.4, -0.2) is 26.0 Å². The maximum absolute atomic E-state index is 13.2. The Kier molecular flexibility index (Phi) is 4.95. The molecular formula is C11H12F5NO2S. The van der Waals surface area contributed by atoms with E-state index in [2.05, 4.69) is 0 Å². The van der Waals surface area contributed by atoms with Crippen LogP contribution >= 0.6 is 0 Å². The fourth-order valence-corrected chi connectivity index (χ4v) is 2.17. The van der Waals surface area contributed by atoms with Gasteiger partial charge in [-0.3, -0.25) is 0 Å². The fourth-order valence-electron chi connectivity index (χ4n) is 1.31. The predicted molar refractivity (Wildman–Crippen MR) is 63.6 cm³/mol. The molecule has 0 amide bonds. The van der Waals surface area contributed by atoms with Gasteiger partial charge in [0.25, 0.3) is 0 Å². The van der Waals surface area contributed by atoms with Gasteiger partial charge in [0.2, 0.25) is 5.82 Å². The second-order valence-corrected chi connectivity index (χ2v) is 6.96. The minimum Gasteiger partial charge on any atom is -0.379 e. The van der Waals surface area contributed by atoms with Gasteiger partial charge in [-0.05, 0) is 13.8 Å². The Balaban J connectivity index is 2.96. The van der Waals surface area contributed by atoms with Crippen LogP contribution in [0.2, 0.25) is 0 Å². The van der Waals surface area contributed by atoms with Gasteiger partial charge in [0, 0.05) is 6.54 Å². The van der Waals surface area contributed by atoms with Crippen molar-refractivity contribution in [2.45, 2.75) is 19.1 Å². The predicted octanol–water partition coefficient (Wildman–Crippen LogP) is 2.62. The molecule has 114 valence electrons. The summed E-state index contributed by atoms with van der Waals surface area (Å²) in [5, 5.41) is 1.22. The van der Waals surface area contributed by atoms with Gasteiger partial charge < -0.3 is 5.32 Å². The van der Waals surface area contributed by atoms with E-state index in [4.69, 9.17) is 0 Å². The van der Waals surface area contributed by atoms with E-state index in [1.807, 2.05) is 5.32 Å². The monoisotopic (exact) mass is 317 g/mol. The van der Waals surface area contributed by atoms with Gasteiger partial charge in [0.1, 0.15) is 5.69 Å². The molecule has 0 saturated carbocycles. The number of sulfone groups is 1. The Hall–Kier alpha value is -1.38. The first-order valence-electron chi connectivity index (χ1n) is 5.56. The molecule has 0 heterocycles. The number of nitrogens with one attached hydrogen (secondary N) is 1. The minimum atomic E-state index is -3.49. The first-order chi connectivity index (χ1) is 9.09. The van der Waals surface area contributed by atoms with Crippen molar-refractivity contribution in [3.8, 4) is 0 Å². The molecule has 0 aromatic heterocycles. The zero-order valence-corrected chi connectivity index (χ0v) is 11.4. The third kappa shape index (κ3) is 3.20. The topological polar surface area (TPSA) is 46.2 Å². The van der Waals surface area contributed by atoms with Gasteiger partial charge in [-0.2, -0.15) is 0 Å². The lowest BCUT2D eigenvalue weighted by molar-refractivity contribution is 0.381. The van der Waals surface area contributed by atoms with E-state index in [9.17, 15) is 30.4 Å². The van der Waals surface area contributed by atoms with Gasteiger partial charge in [-0.15, -0.1) is 0 Å². The van der Waals surface area contributed by atoms with Crippen LogP contribution in [0, 0.1) is 29.1 Å². The molecule has 0 fully saturated rings. The number of rotatable bonds is 5. The Morgan fingerprint density at radius 2 is 1.30 bits per heavy atom. The molecule has 0 aliphatic rings. The molecule has 20 heavy (non-hydrogen) atoms. The van der Waals surface area contributed by atoms with Gasteiger partial charge in [0.05, 0.1) is 11.0 Å². The van der Waals surface area contributed by atoms with Crippen molar-refractivity contribution in [2.75, 3.05) is 17.6 Å². The third-order valence-corrected chi connectivity index (χ3v) is 4.83. The first kappa shape index (κ1) is 16.7. The van der Waals surface area contributed by atoms with Crippen LogP contribution < -0.4 is 5.32 Å². The highest BCUT2D eigenvalue weighted by Crippen LogP contribution is 2.26. The lowest BCUT2D eigenvalue weighted by Crippen LogP contribution is -2.24. The summed E-state index contributed by atoms with van der Waals surface area (Å²) >= 11 is 0. The molecule has 0 aliphatic heterocycles. The number of anilines is 1. The Bertz CT molecular complexity index is 587. The molecule has 1 aromatic rings. The van der Waals surface area contributed by atoms with Gasteiger partial charge in [-0.1, -0.05) is 0 Å². The van der Waals surface area contributed by atoms with E-state index in [1.54, 1.807) is 0 Å². The molecule has 0 unspecified atom stereocenters. The van der Waals surface area contributed by atoms with E-state index >= 15 is 0 Å². The minimum absolute atomic E-state index is 0.473. The molecule has 1 aromatic carbocycles. The quantitative estimate of drug-likeness (QED) is 0.516. The van der Waals surface area contributed by atoms with E-state index < -0.39 is 62.2 Å². The molecule has 0 radical (unpaired) electrons. The molecule has 0 bridgehead atoms. The normalized spacial score (nSPS) is 12.0. The van der Waals surface area contributed by atoms with Crippen molar-refractivity contribution in [1.29, 1.82) is 0 Å². The summed E-state index contributed by atoms with van der Waals surface area (Å²) in [5.74, 6) is -11.0. The number of benzene rings is 1. The fraction of sp³-hybridized carbons (Fsp3) is 0.455. The van der Waals surface area contributed by atoms with Crippen molar-refractivity contribution < 1.29 is 30.4 Å². The number of halogens is 5. The summed E-state index contributed by atoms with van der Waals surface area (Å²) in [6, 6.07) is 0. The summed E-state index contributed by atoms with van der Waals surface area (Å²) < 4.78 is 87.9. The molecule has 9 heteroatoms. The van der Waals surface area contributed by atoms with Gasteiger partial charge in [-0.25, -0.2) is 30.4 Å². The highest BCUT2D eigenvalue weighted by atomic mass is 32.2. The highest BCUT2D eigenvalue weighted by Gasteiger charge is 2.26. The van der Waals surface area contributed by atoms with Crippen LogP contribution in [-0.2, 0) is 9.84 Å². The van der Waals surface area contributed by atoms with E-state index in [0.717, 1.165) is 0 Å². The van der Waals surface area contributed by atoms with Crippen molar-refractivity contribution in [3.63, 3.8) is 0 Å². The maximum Gasteiger partial charge on any atom is 0.200 e. The van der Waals surface area contributed by atoms with Gasteiger partial charge >= 0.3 is 0 Å². The molecule has 0 aliphatic carbocycles. The van der Waals surface area contributed by atoms with Crippen LogP contribution in [0.3, 0.4) is 0 Å². The third-order valence-electron chi connectivity index (χ3n) is 2.62. The lowest BCUT2D eigenvalue weighted by Gasteiger charge is -2.12. The molecule has 3 nitrogen and oxygen atoms in total. The summed E-state index contributed by atoms with van der Waals surface area (Å²) in [6.45, 7) is 2.35. The Morgan fingerprint density at radius 3 is 1.70 bits per heavy atom. The van der Waals surface area contributed by atoms with Crippen molar-refractivity contribution in [1.82, 2.24) is 0 Å². The SMILES string of the molecule is CC(C)S(=O)(=O)CCNc1c(F)c(F)c(F)c(F)c1F. The number of hydrogen-bond donors (Lipinski definition) is 1. The molecule has 0 spiro atoms. The van der Waals surface area contributed by atoms with Crippen molar-refractivity contribution in [2.24, 2.45) is 0 Å². The Morgan fingerprint density at radius 1 is 0.900 bits per heavy atom. The van der Waals surface area contributed by atoms with Crippen LogP contribution in [0.4, 0.5) is 27.6 Å². The van der Waals surface area contributed by atoms with Gasteiger partial charge in [0.15, 0.2) is 33.1 Å².